The average molecular weight is 311 g/mol. The predicted octanol–water partition coefficient (Wildman–Crippen LogP) is 2.90. The lowest BCUT2D eigenvalue weighted by molar-refractivity contribution is -0.138. The molecule has 0 aliphatic carbocycles. The molecule has 5 nitrogen and oxygen atoms in total. The second kappa shape index (κ2) is 9.28. The van der Waals surface area contributed by atoms with E-state index in [1.165, 1.54) is 11.8 Å². The van der Waals surface area contributed by atoms with Crippen molar-refractivity contribution in [1.29, 1.82) is 0 Å². The van der Waals surface area contributed by atoms with E-state index < -0.39 is 18.1 Å². The van der Waals surface area contributed by atoms with Gasteiger partial charge < -0.3 is 15.2 Å². The van der Waals surface area contributed by atoms with Crippen LogP contribution in [-0.2, 0) is 16.1 Å². The first-order valence-electron chi connectivity index (χ1n) is 6.84. The van der Waals surface area contributed by atoms with Gasteiger partial charge in [-0.1, -0.05) is 44.2 Å². The van der Waals surface area contributed by atoms with E-state index in [0.717, 1.165) is 12.0 Å². The Morgan fingerprint density at radius 3 is 2.57 bits per heavy atom. The maximum Gasteiger partial charge on any atom is 0.408 e. The van der Waals surface area contributed by atoms with E-state index in [0.29, 0.717) is 11.0 Å². The molecule has 0 spiro atoms. The molecule has 0 bridgehead atoms. The Morgan fingerprint density at radius 2 is 2.00 bits per heavy atom. The van der Waals surface area contributed by atoms with Gasteiger partial charge in [-0.3, -0.25) is 0 Å². The third kappa shape index (κ3) is 7.04. The molecule has 0 aliphatic heterocycles. The van der Waals surface area contributed by atoms with Crippen LogP contribution in [0.4, 0.5) is 4.79 Å². The normalized spacial score (nSPS) is 13.2. The molecule has 6 heteroatoms. The minimum absolute atomic E-state index is 0.123. The molecule has 2 N–H and O–H groups in total. The van der Waals surface area contributed by atoms with Crippen LogP contribution in [0, 0.1) is 0 Å². The first kappa shape index (κ1) is 17.4. The number of amides is 1. The minimum atomic E-state index is -1.05. The molecule has 0 aliphatic rings. The summed E-state index contributed by atoms with van der Waals surface area (Å²) < 4.78 is 5.02. The summed E-state index contributed by atoms with van der Waals surface area (Å²) in [6.07, 6.45) is 0.242. The highest BCUT2D eigenvalue weighted by molar-refractivity contribution is 7.99. The van der Waals surface area contributed by atoms with Gasteiger partial charge in [0.2, 0.25) is 0 Å². The Kier molecular flexibility index (Phi) is 7.68. The molecule has 0 radical (unpaired) electrons. The number of carbonyl (C=O) groups excluding carboxylic acids is 1. The number of nitrogens with one attached hydrogen (secondary N) is 1. The van der Waals surface area contributed by atoms with Gasteiger partial charge in [0, 0.05) is 11.0 Å². The fraction of sp³-hybridized carbons (Fsp3) is 0.467. The highest BCUT2D eigenvalue weighted by atomic mass is 32.2. The van der Waals surface area contributed by atoms with Crippen LogP contribution < -0.4 is 5.32 Å². The summed E-state index contributed by atoms with van der Waals surface area (Å²) in [6, 6.07) is 8.29. The van der Waals surface area contributed by atoms with Crippen LogP contribution in [0.25, 0.3) is 0 Å². The molecular weight excluding hydrogens is 290 g/mol. The van der Waals surface area contributed by atoms with E-state index in [2.05, 4.69) is 5.32 Å². The van der Waals surface area contributed by atoms with Gasteiger partial charge in [0.15, 0.2) is 0 Å². The van der Waals surface area contributed by atoms with Crippen LogP contribution in [0.3, 0.4) is 0 Å². The Labute approximate surface area is 129 Å². The number of carboxylic acid groups (broad SMARTS) is 1. The zero-order valence-corrected chi connectivity index (χ0v) is 13.1. The lowest BCUT2D eigenvalue weighted by Gasteiger charge is -2.16. The number of thioether (sulfide) groups is 1. The molecule has 1 rings (SSSR count). The zero-order chi connectivity index (χ0) is 15.7. The average Bonchev–Trinajstić information content (AvgIpc) is 2.49. The Hall–Kier alpha value is -1.69. The molecule has 116 valence electrons. The third-order valence-corrected chi connectivity index (χ3v) is 4.35. The van der Waals surface area contributed by atoms with Crippen LogP contribution >= 0.6 is 11.8 Å². The quantitative estimate of drug-likeness (QED) is 0.772. The van der Waals surface area contributed by atoms with Gasteiger partial charge in [0.05, 0.1) is 0 Å². The Bertz CT molecular complexity index is 452. The molecule has 0 saturated carbocycles. The highest BCUT2D eigenvalue weighted by Crippen LogP contribution is 2.14. The van der Waals surface area contributed by atoms with Crippen LogP contribution in [0.15, 0.2) is 30.3 Å². The maximum atomic E-state index is 11.6. The summed E-state index contributed by atoms with van der Waals surface area (Å²) in [6.45, 7) is 4.18. The molecule has 1 aromatic rings. The Balaban J connectivity index is 2.40. The molecule has 0 heterocycles. The van der Waals surface area contributed by atoms with Crippen LogP contribution in [0.1, 0.15) is 25.8 Å². The van der Waals surface area contributed by atoms with Crippen molar-refractivity contribution in [2.24, 2.45) is 0 Å². The zero-order valence-electron chi connectivity index (χ0n) is 12.2. The van der Waals surface area contributed by atoms with Crippen molar-refractivity contribution < 1.29 is 19.4 Å². The fourth-order valence-electron chi connectivity index (χ4n) is 1.46. The second-order valence-electron chi connectivity index (χ2n) is 4.65. The van der Waals surface area contributed by atoms with Gasteiger partial charge in [0.25, 0.3) is 0 Å². The number of alkyl carbamates (subject to hydrolysis) is 1. The molecule has 2 atom stereocenters. The van der Waals surface area contributed by atoms with Crippen LogP contribution in [0.2, 0.25) is 0 Å². The summed E-state index contributed by atoms with van der Waals surface area (Å²) in [5.74, 6) is -0.729. The number of ether oxygens (including phenoxy) is 1. The SMILES string of the molecule is CC[C@H](C)SC[C@@H](NC(=O)OCc1ccccc1)C(=O)O. The second-order valence-corrected chi connectivity index (χ2v) is 6.12. The lowest BCUT2D eigenvalue weighted by atomic mass is 10.2. The first-order valence-corrected chi connectivity index (χ1v) is 7.89. The van der Waals surface area contributed by atoms with E-state index in [1.54, 1.807) is 0 Å². The van der Waals surface area contributed by atoms with E-state index in [4.69, 9.17) is 9.84 Å². The molecule has 21 heavy (non-hydrogen) atoms. The van der Waals surface area contributed by atoms with Gasteiger partial charge in [-0.2, -0.15) is 11.8 Å². The summed E-state index contributed by atoms with van der Waals surface area (Å²) in [4.78, 5) is 22.8. The van der Waals surface area contributed by atoms with E-state index in [-0.39, 0.29) is 6.61 Å². The molecule has 0 saturated heterocycles. The van der Waals surface area contributed by atoms with Gasteiger partial charge in [-0.25, -0.2) is 9.59 Å². The molecule has 1 amide bonds. The van der Waals surface area contributed by atoms with Crippen molar-refractivity contribution in [3.05, 3.63) is 35.9 Å². The molecular formula is C15H21NO4S. The highest BCUT2D eigenvalue weighted by Gasteiger charge is 2.21. The molecule has 0 aromatic heterocycles. The fourth-order valence-corrected chi connectivity index (χ4v) is 2.44. The van der Waals surface area contributed by atoms with Crippen molar-refractivity contribution in [3.63, 3.8) is 0 Å². The van der Waals surface area contributed by atoms with Gasteiger partial charge in [-0.15, -0.1) is 0 Å². The van der Waals surface area contributed by atoms with Crippen LogP contribution in [0.5, 0.6) is 0 Å². The summed E-state index contributed by atoms with van der Waals surface area (Å²) in [7, 11) is 0. The lowest BCUT2D eigenvalue weighted by Crippen LogP contribution is -2.43. The van der Waals surface area contributed by atoms with Gasteiger partial charge >= 0.3 is 12.1 Å². The van der Waals surface area contributed by atoms with E-state index in [1.807, 2.05) is 44.2 Å². The minimum Gasteiger partial charge on any atom is -0.480 e. The summed E-state index contributed by atoms with van der Waals surface area (Å²) >= 11 is 1.52. The summed E-state index contributed by atoms with van der Waals surface area (Å²) in [5, 5.41) is 11.8. The Morgan fingerprint density at radius 1 is 1.33 bits per heavy atom. The molecule has 0 fully saturated rings. The number of carboxylic acids is 1. The largest absolute Gasteiger partial charge is 0.480 e. The number of hydrogen-bond acceptors (Lipinski definition) is 4. The molecule has 0 unspecified atom stereocenters. The number of benzene rings is 1. The van der Waals surface area contributed by atoms with Crippen molar-refractivity contribution >= 4 is 23.8 Å². The number of carbonyl (C=O) groups is 2. The summed E-state index contributed by atoms with van der Waals surface area (Å²) in [5.41, 5.74) is 0.855. The van der Waals surface area contributed by atoms with Crippen molar-refractivity contribution in [2.45, 2.75) is 38.2 Å². The van der Waals surface area contributed by atoms with E-state index in [9.17, 15) is 9.59 Å². The smallest absolute Gasteiger partial charge is 0.408 e. The van der Waals surface area contributed by atoms with Gasteiger partial charge in [0.1, 0.15) is 12.6 Å². The van der Waals surface area contributed by atoms with Crippen LogP contribution in [-0.4, -0.2) is 34.2 Å². The number of aliphatic carboxylic acids is 1. The maximum absolute atomic E-state index is 11.6. The number of rotatable bonds is 8. The third-order valence-electron chi connectivity index (χ3n) is 2.93. The van der Waals surface area contributed by atoms with Gasteiger partial charge in [-0.05, 0) is 12.0 Å². The monoisotopic (exact) mass is 311 g/mol. The number of hydrogen-bond donors (Lipinski definition) is 2. The first-order chi connectivity index (χ1) is 10.0. The van der Waals surface area contributed by atoms with Crippen molar-refractivity contribution in [1.82, 2.24) is 5.32 Å². The topological polar surface area (TPSA) is 75.6 Å². The van der Waals surface area contributed by atoms with Crippen molar-refractivity contribution in [3.8, 4) is 0 Å². The standard InChI is InChI=1S/C15H21NO4S/c1-3-11(2)21-10-13(14(17)18)16-15(19)20-9-12-7-5-4-6-8-12/h4-8,11,13H,3,9-10H2,1-2H3,(H,16,19)(H,17,18)/t11-,13+/m0/s1. The van der Waals surface area contributed by atoms with E-state index >= 15 is 0 Å². The predicted molar refractivity (Wildman–Crippen MR) is 83.4 cm³/mol. The van der Waals surface area contributed by atoms with Crippen molar-refractivity contribution in [2.75, 3.05) is 5.75 Å². The molecule has 1 aromatic carbocycles.